The van der Waals surface area contributed by atoms with Crippen LogP contribution in [0.4, 0.5) is 4.39 Å². The third-order valence-corrected chi connectivity index (χ3v) is 2.29. The van der Waals surface area contributed by atoms with Crippen LogP contribution in [0, 0.1) is 10.1 Å². The molecule has 4 nitrogen and oxygen atoms in total. The smallest absolute Gasteiger partial charge is 0.267 e. The molecule has 0 radical (unpaired) electrons. The molecule has 0 aromatic heterocycles. The van der Waals surface area contributed by atoms with Crippen LogP contribution in [0.2, 0.25) is 0 Å². The lowest BCUT2D eigenvalue weighted by Gasteiger charge is -2.21. The van der Waals surface area contributed by atoms with Crippen molar-refractivity contribution in [3.05, 3.63) is 34.0 Å². The number of alkyl halides is 2. The average molecular weight is 237 g/mol. The van der Waals surface area contributed by atoms with Crippen LogP contribution in [0.25, 0.3) is 0 Å². The van der Waals surface area contributed by atoms with Gasteiger partial charge in [-0.1, -0.05) is 6.08 Å². The predicted octanol–water partition coefficient (Wildman–Crippen LogP) is 1.10. The van der Waals surface area contributed by atoms with E-state index in [2.05, 4.69) is 15.9 Å². The molecule has 12 heavy (non-hydrogen) atoms. The summed E-state index contributed by atoms with van der Waals surface area (Å²) in [6.45, 7) is 0. The summed E-state index contributed by atoms with van der Waals surface area (Å²) in [5.41, 5.74) is 4.94. The normalized spacial score (nSPS) is 34.6. The van der Waals surface area contributed by atoms with Crippen molar-refractivity contribution in [1.82, 2.24) is 0 Å². The van der Waals surface area contributed by atoms with Crippen molar-refractivity contribution in [1.29, 1.82) is 0 Å². The predicted molar refractivity (Wildman–Crippen MR) is 45.0 cm³/mol. The Kier molecular flexibility index (Phi) is 2.29. The topological polar surface area (TPSA) is 69.2 Å². The Balaban J connectivity index is 2.99. The number of nitrogens with zero attached hydrogens (tertiary/aromatic N) is 1. The van der Waals surface area contributed by atoms with Gasteiger partial charge in [0.25, 0.3) is 5.70 Å². The SMILES string of the molecule is NC1C([N+](=O)[O-])=CC=CC1(F)Br. The van der Waals surface area contributed by atoms with Crippen molar-refractivity contribution in [2.24, 2.45) is 5.73 Å². The molecule has 1 rings (SSSR count). The second-order valence-corrected chi connectivity index (χ2v) is 3.58. The molecule has 1 aliphatic carbocycles. The Labute approximate surface area is 76.2 Å². The quantitative estimate of drug-likeness (QED) is 0.421. The first-order chi connectivity index (χ1) is 5.45. The summed E-state index contributed by atoms with van der Waals surface area (Å²) in [6.07, 6.45) is 3.57. The molecule has 1 aliphatic rings. The Bertz CT molecular complexity index is 275. The minimum atomic E-state index is -2.01. The van der Waals surface area contributed by atoms with Crippen molar-refractivity contribution >= 4 is 15.9 Å². The van der Waals surface area contributed by atoms with Crippen LogP contribution in [-0.4, -0.2) is 15.5 Å². The summed E-state index contributed by atoms with van der Waals surface area (Å²) in [4.78, 5) is 9.60. The van der Waals surface area contributed by atoms with Crippen LogP contribution >= 0.6 is 15.9 Å². The lowest BCUT2D eigenvalue weighted by atomic mass is 10.0. The maximum Gasteiger partial charge on any atom is 0.267 e. The van der Waals surface area contributed by atoms with E-state index in [1.54, 1.807) is 0 Å². The molecule has 6 heteroatoms. The summed E-state index contributed by atoms with van der Waals surface area (Å²) in [5, 5.41) is 10.3. The van der Waals surface area contributed by atoms with Crippen LogP contribution in [0.3, 0.4) is 0 Å². The zero-order valence-electron chi connectivity index (χ0n) is 5.91. The molecule has 0 aromatic carbocycles. The first-order valence-corrected chi connectivity index (χ1v) is 3.91. The van der Waals surface area contributed by atoms with Gasteiger partial charge in [-0.05, 0) is 22.0 Å². The highest BCUT2D eigenvalue weighted by Crippen LogP contribution is 2.31. The summed E-state index contributed by atoms with van der Waals surface area (Å²) >= 11 is 2.64. The maximum atomic E-state index is 13.2. The third kappa shape index (κ3) is 1.54. The fourth-order valence-electron chi connectivity index (χ4n) is 0.854. The van der Waals surface area contributed by atoms with E-state index in [1.165, 1.54) is 12.2 Å². The number of rotatable bonds is 1. The Morgan fingerprint density at radius 3 is 2.83 bits per heavy atom. The molecule has 0 saturated carbocycles. The van der Waals surface area contributed by atoms with E-state index in [9.17, 15) is 14.5 Å². The lowest BCUT2D eigenvalue weighted by molar-refractivity contribution is -0.430. The molecule has 0 heterocycles. The van der Waals surface area contributed by atoms with Gasteiger partial charge >= 0.3 is 0 Å². The van der Waals surface area contributed by atoms with Gasteiger partial charge in [-0.3, -0.25) is 10.1 Å². The molecule has 66 valence electrons. The van der Waals surface area contributed by atoms with Crippen LogP contribution in [-0.2, 0) is 0 Å². The van der Waals surface area contributed by atoms with Gasteiger partial charge < -0.3 is 5.73 Å². The monoisotopic (exact) mass is 236 g/mol. The fraction of sp³-hybridized carbons (Fsp3) is 0.333. The highest BCUT2D eigenvalue weighted by atomic mass is 79.9. The van der Waals surface area contributed by atoms with Gasteiger partial charge in [0.15, 0.2) is 0 Å². The first kappa shape index (κ1) is 9.34. The van der Waals surface area contributed by atoms with Gasteiger partial charge in [-0.25, -0.2) is 4.39 Å². The summed E-state index contributed by atoms with van der Waals surface area (Å²) in [5.74, 6) is 0. The van der Waals surface area contributed by atoms with Crippen molar-refractivity contribution in [2.75, 3.05) is 0 Å². The molecular weight excluding hydrogens is 231 g/mol. The second kappa shape index (κ2) is 2.95. The van der Waals surface area contributed by atoms with E-state index >= 15 is 0 Å². The molecule has 2 atom stereocenters. The van der Waals surface area contributed by atoms with E-state index < -0.39 is 15.5 Å². The van der Waals surface area contributed by atoms with Gasteiger partial charge in [-0.2, -0.15) is 0 Å². The third-order valence-electron chi connectivity index (χ3n) is 1.53. The van der Waals surface area contributed by atoms with Crippen LogP contribution in [0.1, 0.15) is 0 Å². The number of hydrogen-bond donors (Lipinski definition) is 1. The number of nitrogens with two attached hydrogens (primary N) is 1. The van der Waals surface area contributed by atoms with Gasteiger partial charge in [0.05, 0.1) is 4.92 Å². The molecule has 0 saturated heterocycles. The molecule has 0 aliphatic heterocycles. The Hall–Kier alpha value is -0.750. The largest absolute Gasteiger partial charge is 0.315 e. The average Bonchev–Trinajstić information content (AvgIpc) is 1.94. The van der Waals surface area contributed by atoms with E-state index in [4.69, 9.17) is 5.73 Å². The zero-order valence-corrected chi connectivity index (χ0v) is 7.49. The molecule has 0 amide bonds. The molecule has 2 unspecified atom stereocenters. The summed E-state index contributed by atoms with van der Waals surface area (Å²) < 4.78 is 11.2. The van der Waals surface area contributed by atoms with Crippen LogP contribution in [0.5, 0.6) is 0 Å². The van der Waals surface area contributed by atoms with E-state index in [-0.39, 0.29) is 5.70 Å². The number of hydrogen-bond acceptors (Lipinski definition) is 3. The van der Waals surface area contributed by atoms with E-state index in [0.717, 1.165) is 6.08 Å². The highest BCUT2D eigenvalue weighted by molar-refractivity contribution is 9.10. The van der Waals surface area contributed by atoms with E-state index in [0.29, 0.717) is 0 Å². The summed E-state index contributed by atoms with van der Waals surface area (Å²) in [7, 11) is 0. The maximum absolute atomic E-state index is 13.2. The minimum absolute atomic E-state index is 0.336. The van der Waals surface area contributed by atoms with Gasteiger partial charge in [0.1, 0.15) is 6.04 Å². The lowest BCUT2D eigenvalue weighted by Crippen LogP contribution is -2.43. The number of allylic oxidation sites excluding steroid dienone is 2. The van der Waals surface area contributed by atoms with Crippen molar-refractivity contribution in [3.63, 3.8) is 0 Å². The van der Waals surface area contributed by atoms with Crippen LogP contribution in [0.15, 0.2) is 23.9 Å². The summed E-state index contributed by atoms with van der Waals surface area (Å²) in [6, 6.07) is -1.27. The molecule has 0 aromatic rings. The second-order valence-electron chi connectivity index (χ2n) is 2.36. The first-order valence-electron chi connectivity index (χ1n) is 3.12. The molecule has 0 bridgehead atoms. The van der Waals surface area contributed by atoms with Crippen LogP contribution < -0.4 is 5.73 Å². The molecule has 0 fully saturated rings. The van der Waals surface area contributed by atoms with Gasteiger partial charge in [0, 0.05) is 6.08 Å². The van der Waals surface area contributed by atoms with E-state index in [1.807, 2.05) is 0 Å². The van der Waals surface area contributed by atoms with Gasteiger partial charge in [0.2, 0.25) is 4.58 Å². The Morgan fingerprint density at radius 2 is 2.42 bits per heavy atom. The van der Waals surface area contributed by atoms with Gasteiger partial charge in [-0.15, -0.1) is 0 Å². The van der Waals surface area contributed by atoms with Crippen molar-refractivity contribution < 1.29 is 9.31 Å². The highest BCUT2D eigenvalue weighted by Gasteiger charge is 2.41. The number of halogens is 2. The standard InChI is InChI=1S/C6H6BrFN2O2/c7-6(8)3-1-2-4(5(6)9)10(11)12/h1-3,5H,9H2. The Morgan fingerprint density at radius 1 is 1.83 bits per heavy atom. The number of nitro groups is 1. The molecule has 2 N–H and O–H groups in total. The minimum Gasteiger partial charge on any atom is -0.315 e. The zero-order chi connectivity index (χ0) is 9.35. The molecular formula is C6H6BrFN2O2. The van der Waals surface area contributed by atoms with Crippen molar-refractivity contribution in [3.8, 4) is 0 Å². The molecule has 0 spiro atoms. The van der Waals surface area contributed by atoms with Crippen molar-refractivity contribution in [2.45, 2.75) is 10.6 Å². The fourth-order valence-corrected chi connectivity index (χ4v) is 1.24.